The monoisotopic (exact) mass is 274 g/mol. The van der Waals surface area contributed by atoms with Gasteiger partial charge in [-0.3, -0.25) is 4.79 Å². The summed E-state index contributed by atoms with van der Waals surface area (Å²) in [5.41, 5.74) is 7.12. The van der Waals surface area contributed by atoms with E-state index in [1.165, 1.54) is 0 Å². The van der Waals surface area contributed by atoms with Crippen LogP contribution >= 0.6 is 0 Å². The van der Waals surface area contributed by atoms with Crippen LogP contribution in [0.3, 0.4) is 0 Å². The topological polar surface area (TPSA) is 94.0 Å². The fourth-order valence-electron chi connectivity index (χ4n) is 1.70. The van der Waals surface area contributed by atoms with Crippen LogP contribution in [0.15, 0.2) is 28.8 Å². The number of nitrogens with two attached hydrogens (primary N) is 1. The zero-order chi connectivity index (χ0) is 14.7. The van der Waals surface area contributed by atoms with Crippen molar-refractivity contribution >= 4 is 11.6 Å². The van der Waals surface area contributed by atoms with Gasteiger partial charge in [-0.2, -0.15) is 4.98 Å². The van der Waals surface area contributed by atoms with Crippen molar-refractivity contribution in [1.82, 2.24) is 10.1 Å². The third kappa shape index (κ3) is 3.03. The van der Waals surface area contributed by atoms with E-state index in [9.17, 15) is 4.79 Å². The van der Waals surface area contributed by atoms with Gasteiger partial charge in [0.25, 0.3) is 5.89 Å². The maximum absolute atomic E-state index is 12.0. The summed E-state index contributed by atoms with van der Waals surface area (Å²) in [7, 11) is 0. The van der Waals surface area contributed by atoms with Crippen LogP contribution in [-0.2, 0) is 4.79 Å². The Bertz CT molecular complexity index is 607. The molecule has 1 aromatic carbocycles. The fourth-order valence-corrected chi connectivity index (χ4v) is 1.70. The van der Waals surface area contributed by atoms with Crippen LogP contribution in [0.5, 0.6) is 0 Å². The third-order valence-electron chi connectivity index (χ3n) is 2.96. The van der Waals surface area contributed by atoms with Crippen molar-refractivity contribution in [2.24, 2.45) is 11.7 Å². The Labute approximate surface area is 117 Å². The van der Waals surface area contributed by atoms with E-state index < -0.39 is 6.04 Å². The summed E-state index contributed by atoms with van der Waals surface area (Å²) in [5, 5.41) is 6.56. The Kier molecular flexibility index (Phi) is 4.14. The Balaban J connectivity index is 2.27. The SMILES string of the molecule is Cc1noc(-c2ccccc2NC(=O)[C@H](N)C(C)C)n1. The minimum atomic E-state index is -0.563. The second-order valence-electron chi connectivity index (χ2n) is 4.95. The van der Waals surface area contributed by atoms with Crippen molar-refractivity contribution in [3.05, 3.63) is 30.1 Å². The first-order valence-corrected chi connectivity index (χ1v) is 6.45. The van der Waals surface area contributed by atoms with E-state index in [4.69, 9.17) is 10.3 Å². The normalized spacial score (nSPS) is 12.4. The van der Waals surface area contributed by atoms with Gasteiger partial charge in [0.2, 0.25) is 5.91 Å². The van der Waals surface area contributed by atoms with E-state index in [1.54, 1.807) is 13.0 Å². The number of hydrogen-bond donors (Lipinski definition) is 2. The lowest BCUT2D eigenvalue weighted by molar-refractivity contribution is -0.118. The largest absolute Gasteiger partial charge is 0.334 e. The number of carbonyl (C=O) groups is 1. The van der Waals surface area contributed by atoms with Gasteiger partial charge in [-0.05, 0) is 25.0 Å². The van der Waals surface area contributed by atoms with Gasteiger partial charge in [0, 0.05) is 0 Å². The van der Waals surface area contributed by atoms with Gasteiger partial charge < -0.3 is 15.6 Å². The van der Waals surface area contributed by atoms with Crippen LogP contribution < -0.4 is 11.1 Å². The predicted molar refractivity (Wildman–Crippen MR) is 75.9 cm³/mol. The smallest absolute Gasteiger partial charge is 0.260 e. The van der Waals surface area contributed by atoms with Gasteiger partial charge in [-0.1, -0.05) is 31.1 Å². The highest BCUT2D eigenvalue weighted by Crippen LogP contribution is 2.26. The second kappa shape index (κ2) is 5.83. The van der Waals surface area contributed by atoms with E-state index >= 15 is 0 Å². The molecule has 0 spiro atoms. The molecule has 0 aliphatic heterocycles. The molecule has 0 aliphatic carbocycles. The number of anilines is 1. The molecule has 1 atom stereocenters. The summed E-state index contributed by atoms with van der Waals surface area (Å²) in [6, 6.07) is 6.69. The van der Waals surface area contributed by atoms with Crippen LogP contribution in [0.2, 0.25) is 0 Å². The highest BCUT2D eigenvalue weighted by molar-refractivity contribution is 5.97. The predicted octanol–water partition coefficient (Wildman–Crippen LogP) is 1.97. The van der Waals surface area contributed by atoms with Crippen molar-refractivity contribution in [1.29, 1.82) is 0 Å². The standard InChI is InChI=1S/C14H18N4O2/c1-8(2)12(15)13(19)17-11-7-5-4-6-10(11)14-16-9(3)18-20-14/h4-8,12H,15H2,1-3H3,(H,17,19)/t12-/m1/s1. The molecule has 1 aromatic heterocycles. The first-order chi connectivity index (χ1) is 9.49. The average molecular weight is 274 g/mol. The van der Waals surface area contributed by atoms with Gasteiger partial charge in [-0.25, -0.2) is 0 Å². The average Bonchev–Trinajstić information content (AvgIpc) is 2.84. The van der Waals surface area contributed by atoms with Crippen molar-refractivity contribution in [3.8, 4) is 11.5 Å². The van der Waals surface area contributed by atoms with Crippen LogP contribution in [0.25, 0.3) is 11.5 Å². The first-order valence-electron chi connectivity index (χ1n) is 6.45. The van der Waals surface area contributed by atoms with Crippen molar-refractivity contribution in [2.45, 2.75) is 26.8 Å². The molecule has 20 heavy (non-hydrogen) atoms. The highest BCUT2D eigenvalue weighted by Gasteiger charge is 2.19. The molecule has 0 bridgehead atoms. The molecule has 0 saturated heterocycles. The quantitative estimate of drug-likeness (QED) is 0.888. The molecule has 0 aliphatic rings. The molecule has 1 heterocycles. The zero-order valence-electron chi connectivity index (χ0n) is 11.8. The third-order valence-corrected chi connectivity index (χ3v) is 2.96. The Morgan fingerprint density at radius 3 is 2.65 bits per heavy atom. The van der Waals surface area contributed by atoms with Crippen LogP contribution in [0.1, 0.15) is 19.7 Å². The number of amides is 1. The summed E-state index contributed by atoms with van der Waals surface area (Å²) in [4.78, 5) is 16.2. The van der Waals surface area contributed by atoms with E-state index in [-0.39, 0.29) is 11.8 Å². The van der Waals surface area contributed by atoms with Gasteiger partial charge in [0.1, 0.15) is 0 Å². The molecular weight excluding hydrogens is 256 g/mol. The molecular formula is C14H18N4O2. The van der Waals surface area contributed by atoms with Crippen molar-refractivity contribution in [3.63, 3.8) is 0 Å². The highest BCUT2D eigenvalue weighted by atomic mass is 16.5. The Hall–Kier alpha value is -2.21. The Morgan fingerprint density at radius 2 is 2.05 bits per heavy atom. The van der Waals surface area contributed by atoms with E-state index in [1.807, 2.05) is 32.0 Å². The van der Waals surface area contributed by atoms with Crippen LogP contribution in [-0.4, -0.2) is 22.1 Å². The number of benzene rings is 1. The number of carbonyl (C=O) groups excluding carboxylic acids is 1. The number of aromatic nitrogens is 2. The molecule has 0 radical (unpaired) electrons. The number of para-hydroxylation sites is 1. The number of nitrogens with zero attached hydrogens (tertiary/aromatic N) is 2. The zero-order valence-corrected chi connectivity index (χ0v) is 11.8. The van der Waals surface area contributed by atoms with Gasteiger partial charge in [0.15, 0.2) is 5.82 Å². The van der Waals surface area contributed by atoms with Crippen molar-refractivity contribution in [2.75, 3.05) is 5.32 Å². The van der Waals surface area contributed by atoms with Crippen LogP contribution in [0.4, 0.5) is 5.69 Å². The van der Waals surface area contributed by atoms with Gasteiger partial charge in [0.05, 0.1) is 17.3 Å². The van der Waals surface area contributed by atoms with Gasteiger partial charge >= 0.3 is 0 Å². The lowest BCUT2D eigenvalue weighted by atomic mass is 10.0. The van der Waals surface area contributed by atoms with Crippen LogP contribution in [0, 0.1) is 12.8 Å². The molecule has 0 saturated carbocycles. The van der Waals surface area contributed by atoms with Crippen molar-refractivity contribution < 1.29 is 9.32 Å². The molecule has 3 N–H and O–H groups in total. The maximum atomic E-state index is 12.0. The van der Waals surface area contributed by atoms with Gasteiger partial charge in [-0.15, -0.1) is 0 Å². The lowest BCUT2D eigenvalue weighted by Gasteiger charge is -2.16. The molecule has 0 fully saturated rings. The summed E-state index contributed by atoms with van der Waals surface area (Å²) >= 11 is 0. The first kappa shape index (κ1) is 14.2. The molecule has 6 nitrogen and oxygen atoms in total. The summed E-state index contributed by atoms with van der Waals surface area (Å²) in [6.07, 6.45) is 0. The van der Waals surface area contributed by atoms with E-state index in [0.717, 1.165) is 0 Å². The molecule has 106 valence electrons. The minimum absolute atomic E-state index is 0.0628. The Morgan fingerprint density at radius 1 is 1.35 bits per heavy atom. The molecule has 6 heteroatoms. The number of nitrogens with one attached hydrogen (secondary N) is 1. The summed E-state index contributed by atoms with van der Waals surface area (Å²) in [5.74, 6) is 0.744. The summed E-state index contributed by atoms with van der Waals surface area (Å²) < 4.78 is 5.14. The summed E-state index contributed by atoms with van der Waals surface area (Å²) in [6.45, 7) is 5.54. The lowest BCUT2D eigenvalue weighted by Crippen LogP contribution is -2.39. The number of rotatable bonds is 4. The van der Waals surface area contributed by atoms with E-state index in [0.29, 0.717) is 23.0 Å². The maximum Gasteiger partial charge on any atom is 0.260 e. The molecule has 2 aromatic rings. The molecule has 1 amide bonds. The second-order valence-corrected chi connectivity index (χ2v) is 4.95. The number of hydrogen-bond acceptors (Lipinski definition) is 5. The minimum Gasteiger partial charge on any atom is -0.334 e. The molecule has 0 unspecified atom stereocenters. The fraction of sp³-hybridized carbons (Fsp3) is 0.357. The number of aryl methyl sites for hydroxylation is 1. The molecule has 2 rings (SSSR count). The van der Waals surface area contributed by atoms with E-state index in [2.05, 4.69) is 15.5 Å².